The summed E-state index contributed by atoms with van der Waals surface area (Å²) in [6.45, 7) is 5.44. The van der Waals surface area contributed by atoms with Crippen molar-refractivity contribution in [2.45, 2.75) is 109 Å². The summed E-state index contributed by atoms with van der Waals surface area (Å²) in [5.41, 5.74) is 0.309. The molecule has 0 spiro atoms. The Bertz CT molecular complexity index is 1520. The lowest BCUT2D eigenvalue weighted by Crippen LogP contribution is -2.50. The fourth-order valence-corrected chi connectivity index (χ4v) is 8.33. The third kappa shape index (κ3) is 10.0. The van der Waals surface area contributed by atoms with E-state index in [0.717, 1.165) is 32.1 Å². The zero-order chi connectivity index (χ0) is 37.4. The van der Waals surface area contributed by atoms with E-state index in [2.05, 4.69) is 10.6 Å². The molecule has 2 N–H and O–H groups in total. The standard InChI is InChI=1S/C39H56FN3O9/c1-39(2,3)52-38(47)42-31(21-40)25-11-13-26(14-12-25)36(45)43-18-17-30(24-9-7-6-8-10-24)34(43)35(44)41-28-15-16-32-27(19-28)20-33(51-32)37(46)50-29(22-48-4)23-49-5/h15-16,19-20,24-26,29-31,34H,6-14,17-18,21-23H2,1-5H3,(H,41,44)(H,42,47)/t25?,26?,30-,31+,34-/m0/s1. The number of hydrogen-bond acceptors (Lipinski definition) is 9. The van der Waals surface area contributed by atoms with Crippen LogP contribution in [0.5, 0.6) is 0 Å². The average Bonchev–Trinajstić information content (AvgIpc) is 3.75. The number of nitrogens with one attached hydrogen (secondary N) is 2. The Kier molecular flexibility index (Phi) is 13.6. The Morgan fingerprint density at radius 3 is 2.27 bits per heavy atom. The molecule has 2 saturated carbocycles. The number of ether oxygens (including phenoxy) is 4. The van der Waals surface area contributed by atoms with Crippen molar-refractivity contribution in [3.63, 3.8) is 0 Å². The Morgan fingerprint density at radius 1 is 0.942 bits per heavy atom. The minimum Gasteiger partial charge on any atom is -0.452 e. The molecule has 3 amide bonds. The second kappa shape index (κ2) is 17.9. The van der Waals surface area contributed by atoms with Gasteiger partial charge in [-0.15, -0.1) is 0 Å². The van der Waals surface area contributed by atoms with Crippen molar-refractivity contribution < 1.29 is 46.9 Å². The number of methoxy groups -OCH3 is 2. The largest absolute Gasteiger partial charge is 0.452 e. The molecule has 3 aliphatic rings. The third-order valence-corrected chi connectivity index (χ3v) is 10.8. The second-order valence-electron chi connectivity index (χ2n) is 15.6. The number of carbonyl (C=O) groups is 4. The van der Waals surface area contributed by atoms with Crippen molar-refractivity contribution in [2.75, 3.05) is 46.0 Å². The molecule has 0 radical (unpaired) electrons. The highest BCUT2D eigenvalue weighted by Crippen LogP contribution is 2.41. The number of alkyl carbamates (subject to hydrolysis) is 1. The quantitative estimate of drug-likeness (QED) is 0.216. The minimum atomic E-state index is -0.709. The summed E-state index contributed by atoms with van der Waals surface area (Å²) in [5, 5.41) is 6.39. The highest BCUT2D eigenvalue weighted by atomic mass is 19.1. The van der Waals surface area contributed by atoms with Crippen LogP contribution in [0.25, 0.3) is 11.0 Å². The van der Waals surface area contributed by atoms with E-state index in [9.17, 15) is 23.6 Å². The Hall–Kier alpha value is -3.71. The van der Waals surface area contributed by atoms with Crippen LogP contribution in [0.3, 0.4) is 0 Å². The molecule has 2 heterocycles. The molecule has 1 saturated heterocycles. The Morgan fingerprint density at radius 2 is 1.63 bits per heavy atom. The number of carbonyl (C=O) groups excluding carboxylic acids is 4. The highest BCUT2D eigenvalue weighted by Gasteiger charge is 2.47. The molecule has 1 aromatic heterocycles. The number of nitrogens with zero attached hydrogens (tertiary/aromatic N) is 1. The van der Waals surface area contributed by atoms with Crippen molar-refractivity contribution in [3.8, 4) is 0 Å². The van der Waals surface area contributed by atoms with Crippen LogP contribution in [0.4, 0.5) is 14.9 Å². The lowest BCUT2D eigenvalue weighted by atomic mass is 9.76. The zero-order valence-corrected chi connectivity index (χ0v) is 31.2. The van der Waals surface area contributed by atoms with Gasteiger partial charge in [0.25, 0.3) is 0 Å². The molecule has 0 unspecified atom stereocenters. The van der Waals surface area contributed by atoms with Crippen LogP contribution in [-0.4, -0.2) is 93.2 Å². The van der Waals surface area contributed by atoms with Crippen molar-refractivity contribution >= 4 is 40.5 Å². The molecule has 2 aromatic rings. The van der Waals surface area contributed by atoms with Crippen LogP contribution in [-0.2, 0) is 28.5 Å². The third-order valence-electron chi connectivity index (χ3n) is 10.8. The first-order valence-corrected chi connectivity index (χ1v) is 18.8. The van der Waals surface area contributed by atoms with Gasteiger partial charge in [0.2, 0.25) is 17.6 Å². The average molecular weight is 730 g/mol. The molecule has 3 fully saturated rings. The summed E-state index contributed by atoms with van der Waals surface area (Å²) in [4.78, 5) is 55.4. The molecule has 12 nitrogen and oxygen atoms in total. The molecule has 0 bridgehead atoms. The first-order valence-electron chi connectivity index (χ1n) is 18.8. The molecule has 1 aliphatic heterocycles. The molecule has 288 valence electrons. The molecule has 13 heteroatoms. The number of amides is 3. The van der Waals surface area contributed by atoms with Crippen LogP contribution in [0, 0.1) is 23.7 Å². The van der Waals surface area contributed by atoms with E-state index in [1.165, 1.54) is 20.6 Å². The summed E-state index contributed by atoms with van der Waals surface area (Å²) in [7, 11) is 3.02. The van der Waals surface area contributed by atoms with Crippen molar-refractivity contribution in [1.82, 2.24) is 10.2 Å². The van der Waals surface area contributed by atoms with Crippen molar-refractivity contribution in [2.24, 2.45) is 23.7 Å². The molecule has 2 aliphatic carbocycles. The molecule has 3 atom stereocenters. The smallest absolute Gasteiger partial charge is 0.407 e. The Labute approximate surface area is 305 Å². The van der Waals surface area contributed by atoms with Crippen LogP contribution in [0.15, 0.2) is 28.7 Å². The van der Waals surface area contributed by atoms with Crippen molar-refractivity contribution in [1.29, 1.82) is 0 Å². The van der Waals surface area contributed by atoms with Crippen LogP contribution in [0.2, 0.25) is 0 Å². The van der Waals surface area contributed by atoms with Gasteiger partial charge in [-0.3, -0.25) is 9.59 Å². The van der Waals surface area contributed by atoms with E-state index in [1.54, 1.807) is 49.9 Å². The predicted molar refractivity (Wildman–Crippen MR) is 193 cm³/mol. The molecular weight excluding hydrogens is 673 g/mol. The molecular formula is C39H56FN3O9. The van der Waals surface area contributed by atoms with Crippen LogP contribution < -0.4 is 10.6 Å². The fraction of sp³-hybridized carbons (Fsp3) is 0.692. The summed E-state index contributed by atoms with van der Waals surface area (Å²) in [6.07, 6.45) is 7.39. The van der Waals surface area contributed by atoms with Gasteiger partial charge >= 0.3 is 12.1 Å². The lowest BCUT2D eigenvalue weighted by molar-refractivity contribution is -0.142. The summed E-state index contributed by atoms with van der Waals surface area (Å²) < 4.78 is 40.9. The number of hydrogen-bond donors (Lipinski definition) is 2. The first kappa shape index (κ1) is 39.5. The number of likely N-dealkylation sites (tertiary alicyclic amines) is 1. The highest BCUT2D eigenvalue weighted by molar-refractivity contribution is 6.00. The van der Waals surface area contributed by atoms with Gasteiger partial charge in [-0.05, 0) is 94.9 Å². The number of alkyl halides is 1. The summed E-state index contributed by atoms with van der Waals surface area (Å²) in [5.74, 6) is -0.828. The van der Waals surface area contributed by atoms with E-state index in [-0.39, 0.29) is 48.5 Å². The van der Waals surface area contributed by atoms with Gasteiger partial charge in [0.15, 0.2) is 0 Å². The number of rotatable bonds is 13. The van der Waals surface area contributed by atoms with Crippen LogP contribution >= 0.6 is 0 Å². The maximum absolute atomic E-state index is 14.2. The summed E-state index contributed by atoms with van der Waals surface area (Å²) >= 11 is 0. The molecule has 52 heavy (non-hydrogen) atoms. The van der Waals surface area contributed by atoms with Gasteiger partial charge in [-0.25, -0.2) is 14.0 Å². The number of anilines is 1. The van der Waals surface area contributed by atoms with E-state index in [1.807, 2.05) is 0 Å². The first-order chi connectivity index (χ1) is 24.9. The van der Waals surface area contributed by atoms with E-state index < -0.39 is 42.5 Å². The zero-order valence-electron chi connectivity index (χ0n) is 31.2. The maximum Gasteiger partial charge on any atom is 0.407 e. The van der Waals surface area contributed by atoms with Gasteiger partial charge in [0, 0.05) is 37.8 Å². The number of furan rings is 1. The Balaban J connectivity index is 1.26. The van der Waals surface area contributed by atoms with Gasteiger partial charge in [0.05, 0.1) is 19.3 Å². The van der Waals surface area contributed by atoms with Gasteiger partial charge in [-0.1, -0.05) is 32.1 Å². The fourth-order valence-electron chi connectivity index (χ4n) is 8.33. The minimum absolute atomic E-state index is 0.0220. The normalized spacial score (nSPS) is 23.4. The number of esters is 1. The predicted octanol–water partition coefficient (Wildman–Crippen LogP) is 6.66. The second-order valence-corrected chi connectivity index (χ2v) is 15.6. The molecule has 5 rings (SSSR count). The number of fused-ring (bicyclic) bond motifs is 1. The van der Waals surface area contributed by atoms with Gasteiger partial charge in [0.1, 0.15) is 30.0 Å². The topological polar surface area (TPSA) is 146 Å². The molecule has 1 aromatic carbocycles. The number of benzene rings is 1. The van der Waals surface area contributed by atoms with E-state index >= 15 is 0 Å². The SMILES string of the molecule is COCC(COC)OC(=O)c1cc2cc(NC(=O)[C@@H]3[C@H](C4CCCCC4)CCN3C(=O)C3CCC([C@@H](CF)NC(=O)OC(C)(C)C)CC3)ccc2o1. The van der Waals surface area contributed by atoms with E-state index in [4.69, 9.17) is 23.4 Å². The van der Waals surface area contributed by atoms with Gasteiger partial charge in [-0.2, -0.15) is 0 Å². The maximum atomic E-state index is 14.2. The monoisotopic (exact) mass is 729 g/mol. The van der Waals surface area contributed by atoms with Crippen molar-refractivity contribution in [3.05, 3.63) is 30.0 Å². The van der Waals surface area contributed by atoms with Crippen LogP contribution in [0.1, 0.15) is 95.5 Å². The van der Waals surface area contributed by atoms with E-state index in [0.29, 0.717) is 54.8 Å². The summed E-state index contributed by atoms with van der Waals surface area (Å²) in [6, 6.07) is 5.46. The van der Waals surface area contributed by atoms with Gasteiger partial charge < -0.3 is 38.9 Å². The lowest BCUT2D eigenvalue weighted by Gasteiger charge is -2.37. The number of halogens is 1.